The average molecular weight is 319 g/mol. The quantitative estimate of drug-likeness (QED) is 0.807. The highest BCUT2D eigenvalue weighted by Crippen LogP contribution is 2.29. The third-order valence-electron chi connectivity index (χ3n) is 3.94. The van der Waals surface area contributed by atoms with Crippen LogP contribution in [0, 0.1) is 17.2 Å². The van der Waals surface area contributed by atoms with Crippen molar-refractivity contribution in [1.29, 1.82) is 5.26 Å². The first-order valence-corrected chi connectivity index (χ1v) is 7.49. The molecule has 0 saturated heterocycles. The molecule has 1 aromatic rings. The minimum Gasteiger partial charge on any atom is -0.497 e. The van der Waals surface area contributed by atoms with Crippen molar-refractivity contribution >= 4 is 11.6 Å². The van der Waals surface area contributed by atoms with Gasteiger partial charge in [-0.15, -0.1) is 0 Å². The van der Waals surface area contributed by atoms with E-state index in [4.69, 9.17) is 9.47 Å². The van der Waals surface area contributed by atoms with Crippen LogP contribution in [0.1, 0.15) is 27.7 Å². The third-order valence-corrected chi connectivity index (χ3v) is 3.94. The molecule has 2 atom stereocenters. The van der Waals surface area contributed by atoms with Crippen LogP contribution in [0.5, 0.6) is 11.5 Å². The Balaban J connectivity index is 2.86. The number of benzene rings is 1. The van der Waals surface area contributed by atoms with Gasteiger partial charge in [-0.1, -0.05) is 13.8 Å². The van der Waals surface area contributed by atoms with Gasteiger partial charge in [-0.3, -0.25) is 4.79 Å². The standard InChI is InChI=1S/C17H25N3O3/c1-11(2)17(4,10-18)20-16(21)12(3)19-14-8-7-13(22-5)9-15(14)23-6/h7-9,11-12,19H,1-6H3,(H,20,21). The number of methoxy groups -OCH3 is 2. The largest absolute Gasteiger partial charge is 0.497 e. The molecule has 23 heavy (non-hydrogen) atoms. The van der Waals surface area contributed by atoms with Crippen LogP contribution in [0.2, 0.25) is 0 Å². The molecule has 0 heterocycles. The average Bonchev–Trinajstić information content (AvgIpc) is 2.54. The Bertz CT molecular complexity index is 595. The second-order valence-corrected chi connectivity index (χ2v) is 5.89. The number of amides is 1. The molecule has 0 aromatic heterocycles. The molecule has 1 aromatic carbocycles. The first-order valence-electron chi connectivity index (χ1n) is 7.49. The maximum absolute atomic E-state index is 12.4. The predicted molar refractivity (Wildman–Crippen MR) is 89.6 cm³/mol. The summed E-state index contributed by atoms with van der Waals surface area (Å²) in [6.07, 6.45) is 0. The van der Waals surface area contributed by atoms with Crippen LogP contribution in [0.25, 0.3) is 0 Å². The number of ether oxygens (including phenoxy) is 2. The number of carbonyl (C=O) groups excluding carboxylic acids is 1. The third kappa shape index (κ3) is 4.52. The van der Waals surface area contributed by atoms with E-state index in [1.807, 2.05) is 13.8 Å². The number of rotatable bonds is 7. The van der Waals surface area contributed by atoms with Gasteiger partial charge in [0.05, 0.1) is 26.0 Å². The lowest BCUT2D eigenvalue weighted by atomic mass is 9.90. The fourth-order valence-corrected chi connectivity index (χ4v) is 1.88. The molecule has 6 nitrogen and oxygen atoms in total. The van der Waals surface area contributed by atoms with Gasteiger partial charge in [-0.2, -0.15) is 5.26 Å². The number of anilines is 1. The Morgan fingerprint density at radius 1 is 1.26 bits per heavy atom. The van der Waals surface area contributed by atoms with Crippen molar-refractivity contribution in [3.63, 3.8) is 0 Å². The van der Waals surface area contributed by atoms with Crippen molar-refractivity contribution in [3.05, 3.63) is 18.2 Å². The number of hydrogen-bond acceptors (Lipinski definition) is 5. The van der Waals surface area contributed by atoms with Crippen molar-refractivity contribution in [2.75, 3.05) is 19.5 Å². The molecule has 0 spiro atoms. The number of nitriles is 1. The molecule has 2 unspecified atom stereocenters. The van der Waals surface area contributed by atoms with Gasteiger partial charge in [-0.05, 0) is 31.9 Å². The van der Waals surface area contributed by atoms with E-state index < -0.39 is 11.6 Å². The monoisotopic (exact) mass is 319 g/mol. The maximum atomic E-state index is 12.4. The van der Waals surface area contributed by atoms with E-state index in [1.165, 1.54) is 0 Å². The normalized spacial score (nSPS) is 14.3. The molecule has 0 fully saturated rings. The fraction of sp³-hybridized carbons (Fsp3) is 0.529. The van der Waals surface area contributed by atoms with Gasteiger partial charge in [0.2, 0.25) is 5.91 Å². The Labute approximate surface area is 137 Å². The zero-order chi connectivity index (χ0) is 17.6. The van der Waals surface area contributed by atoms with Crippen molar-refractivity contribution in [2.45, 2.75) is 39.3 Å². The summed E-state index contributed by atoms with van der Waals surface area (Å²) in [5.41, 5.74) is -0.226. The molecule has 2 N–H and O–H groups in total. The molecule has 0 aliphatic carbocycles. The lowest BCUT2D eigenvalue weighted by Crippen LogP contribution is -2.52. The molecular weight excluding hydrogens is 294 g/mol. The molecular formula is C17H25N3O3. The van der Waals surface area contributed by atoms with Crippen LogP contribution in [0.4, 0.5) is 5.69 Å². The Morgan fingerprint density at radius 3 is 2.39 bits per heavy atom. The van der Waals surface area contributed by atoms with Crippen molar-refractivity contribution in [1.82, 2.24) is 5.32 Å². The molecule has 0 aliphatic heterocycles. The van der Waals surface area contributed by atoms with Gasteiger partial charge < -0.3 is 20.1 Å². The first kappa shape index (κ1) is 18.6. The Kier molecular flexibility index (Phi) is 6.26. The second kappa shape index (κ2) is 7.73. The second-order valence-electron chi connectivity index (χ2n) is 5.89. The van der Waals surface area contributed by atoms with Crippen LogP contribution in [-0.4, -0.2) is 31.7 Å². The van der Waals surface area contributed by atoms with E-state index in [2.05, 4.69) is 16.7 Å². The van der Waals surface area contributed by atoms with Gasteiger partial charge in [0.25, 0.3) is 0 Å². The van der Waals surface area contributed by atoms with Crippen LogP contribution in [0.3, 0.4) is 0 Å². The van der Waals surface area contributed by atoms with Gasteiger partial charge in [-0.25, -0.2) is 0 Å². The maximum Gasteiger partial charge on any atom is 0.243 e. The van der Waals surface area contributed by atoms with Gasteiger partial charge in [0.15, 0.2) is 0 Å². The summed E-state index contributed by atoms with van der Waals surface area (Å²) < 4.78 is 10.4. The van der Waals surface area contributed by atoms with E-state index in [1.54, 1.807) is 46.3 Å². The van der Waals surface area contributed by atoms with E-state index in [9.17, 15) is 10.1 Å². The summed E-state index contributed by atoms with van der Waals surface area (Å²) in [5.74, 6) is 0.997. The molecule has 0 radical (unpaired) electrons. The summed E-state index contributed by atoms with van der Waals surface area (Å²) in [6.45, 7) is 7.25. The molecule has 1 amide bonds. The smallest absolute Gasteiger partial charge is 0.243 e. The molecule has 0 aliphatic rings. The van der Waals surface area contributed by atoms with Gasteiger partial charge >= 0.3 is 0 Å². The number of hydrogen-bond donors (Lipinski definition) is 2. The summed E-state index contributed by atoms with van der Waals surface area (Å²) in [7, 11) is 3.13. The topological polar surface area (TPSA) is 83.4 Å². The Morgan fingerprint density at radius 2 is 1.91 bits per heavy atom. The number of carbonyl (C=O) groups is 1. The highest BCUT2D eigenvalue weighted by molar-refractivity contribution is 5.85. The van der Waals surface area contributed by atoms with Crippen LogP contribution in [0.15, 0.2) is 18.2 Å². The van der Waals surface area contributed by atoms with E-state index in [0.29, 0.717) is 17.2 Å². The SMILES string of the molecule is COc1ccc(NC(C)C(=O)NC(C)(C#N)C(C)C)c(OC)c1. The highest BCUT2D eigenvalue weighted by atomic mass is 16.5. The van der Waals surface area contributed by atoms with Crippen LogP contribution in [-0.2, 0) is 4.79 Å². The van der Waals surface area contributed by atoms with Crippen molar-refractivity contribution in [2.24, 2.45) is 5.92 Å². The molecule has 6 heteroatoms. The lowest BCUT2D eigenvalue weighted by molar-refractivity contribution is -0.123. The van der Waals surface area contributed by atoms with Crippen LogP contribution >= 0.6 is 0 Å². The van der Waals surface area contributed by atoms with Gasteiger partial charge in [0, 0.05) is 6.07 Å². The highest BCUT2D eigenvalue weighted by Gasteiger charge is 2.31. The lowest BCUT2D eigenvalue weighted by Gasteiger charge is -2.29. The molecule has 0 saturated carbocycles. The fourth-order valence-electron chi connectivity index (χ4n) is 1.88. The van der Waals surface area contributed by atoms with Gasteiger partial charge in [0.1, 0.15) is 23.1 Å². The van der Waals surface area contributed by atoms with Crippen molar-refractivity contribution in [3.8, 4) is 17.6 Å². The van der Waals surface area contributed by atoms with E-state index in [-0.39, 0.29) is 11.8 Å². The van der Waals surface area contributed by atoms with Crippen LogP contribution < -0.4 is 20.1 Å². The summed E-state index contributed by atoms with van der Waals surface area (Å²) in [6, 6.07) is 6.94. The van der Waals surface area contributed by atoms with E-state index in [0.717, 1.165) is 0 Å². The number of nitrogens with one attached hydrogen (secondary N) is 2. The minimum atomic E-state index is -0.906. The minimum absolute atomic E-state index is 0.000766. The van der Waals surface area contributed by atoms with E-state index >= 15 is 0 Å². The zero-order valence-corrected chi connectivity index (χ0v) is 14.6. The molecule has 1 rings (SSSR count). The Hall–Kier alpha value is -2.42. The number of nitrogens with zero attached hydrogens (tertiary/aromatic N) is 1. The van der Waals surface area contributed by atoms with Crippen molar-refractivity contribution < 1.29 is 14.3 Å². The summed E-state index contributed by atoms with van der Waals surface area (Å²) in [5, 5.41) is 15.2. The first-order chi connectivity index (χ1) is 10.8. The predicted octanol–water partition coefficient (Wildman–Crippen LogP) is 2.56. The summed E-state index contributed by atoms with van der Waals surface area (Å²) in [4.78, 5) is 12.4. The summed E-state index contributed by atoms with van der Waals surface area (Å²) >= 11 is 0. The zero-order valence-electron chi connectivity index (χ0n) is 14.6. The molecule has 0 bridgehead atoms. The molecule has 126 valence electrons.